The molecular weight excluding hydrogens is 328 g/mol. The minimum atomic E-state index is 0.152. The van der Waals surface area contributed by atoms with E-state index in [1.807, 2.05) is 12.1 Å². The summed E-state index contributed by atoms with van der Waals surface area (Å²) in [6.45, 7) is 11.1. The Bertz CT molecular complexity index is 492. The van der Waals surface area contributed by atoms with Gasteiger partial charge in [-0.3, -0.25) is 0 Å². The molecule has 1 aromatic carbocycles. The first-order valence-corrected chi connectivity index (χ1v) is 8.54. The number of rotatable bonds is 4. The van der Waals surface area contributed by atoms with Gasteiger partial charge in [-0.2, -0.15) is 0 Å². The molecule has 0 aromatic heterocycles. The van der Waals surface area contributed by atoms with Crippen LogP contribution >= 0.6 is 15.9 Å². The van der Waals surface area contributed by atoms with Gasteiger partial charge < -0.3 is 15.0 Å². The van der Waals surface area contributed by atoms with E-state index >= 15 is 0 Å². The zero-order valence-electron chi connectivity index (χ0n) is 13.7. The standard InChI is InChI=1S/C17H27BrN2O/c1-6-17(4)11-20(15(10-19-17)12(2)3)14-9-13(18)7-8-16(14)21-5/h7-9,12,15,19H,6,10-11H2,1-5H3. The molecule has 1 aromatic rings. The number of nitrogens with zero attached hydrogens (tertiary/aromatic N) is 1. The van der Waals surface area contributed by atoms with E-state index in [2.05, 4.69) is 59.9 Å². The molecule has 1 heterocycles. The summed E-state index contributed by atoms with van der Waals surface area (Å²) in [5.74, 6) is 1.53. The van der Waals surface area contributed by atoms with Crippen LogP contribution in [-0.4, -0.2) is 31.8 Å². The zero-order chi connectivity index (χ0) is 15.6. The van der Waals surface area contributed by atoms with Crippen LogP contribution in [0.4, 0.5) is 5.69 Å². The van der Waals surface area contributed by atoms with Gasteiger partial charge in [-0.15, -0.1) is 0 Å². The Kier molecular flexibility index (Phi) is 5.20. The lowest BCUT2D eigenvalue weighted by atomic mass is 9.89. The number of benzene rings is 1. The highest BCUT2D eigenvalue weighted by atomic mass is 79.9. The fourth-order valence-electron chi connectivity index (χ4n) is 2.99. The topological polar surface area (TPSA) is 24.5 Å². The van der Waals surface area contributed by atoms with E-state index in [0.717, 1.165) is 29.7 Å². The third-order valence-corrected chi connectivity index (χ3v) is 5.15. The maximum absolute atomic E-state index is 5.60. The van der Waals surface area contributed by atoms with Gasteiger partial charge in [-0.1, -0.05) is 36.7 Å². The third-order valence-electron chi connectivity index (χ3n) is 4.66. The number of anilines is 1. The summed E-state index contributed by atoms with van der Waals surface area (Å²) in [6.07, 6.45) is 1.12. The smallest absolute Gasteiger partial charge is 0.142 e. The monoisotopic (exact) mass is 354 g/mol. The predicted octanol–water partition coefficient (Wildman–Crippen LogP) is 4.06. The number of piperazine rings is 1. The highest BCUT2D eigenvalue weighted by Gasteiger charge is 2.36. The van der Waals surface area contributed by atoms with E-state index in [9.17, 15) is 0 Å². The van der Waals surface area contributed by atoms with Crippen molar-refractivity contribution in [3.05, 3.63) is 22.7 Å². The van der Waals surface area contributed by atoms with E-state index < -0.39 is 0 Å². The molecule has 0 bridgehead atoms. The molecule has 2 unspecified atom stereocenters. The van der Waals surface area contributed by atoms with E-state index in [1.165, 1.54) is 5.69 Å². The maximum Gasteiger partial charge on any atom is 0.142 e. The Hall–Kier alpha value is -0.740. The van der Waals surface area contributed by atoms with Crippen molar-refractivity contribution in [1.82, 2.24) is 5.32 Å². The van der Waals surface area contributed by atoms with Gasteiger partial charge in [0.15, 0.2) is 0 Å². The minimum absolute atomic E-state index is 0.152. The molecule has 3 nitrogen and oxygen atoms in total. The molecule has 2 rings (SSSR count). The van der Waals surface area contributed by atoms with Crippen LogP contribution in [0.1, 0.15) is 34.1 Å². The summed E-state index contributed by atoms with van der Waals surface area (Å²) in [7, 11) is 1.75. The first kappa shape index (κ1) is 16.6. The van der Waals surface area contributed by atoms with E-state index in [0.29, 0.717) is 12.0 Å². The number of nitrogens with one attached hydrogen (secondary N) is 1. The largest absolute Gasteiger partial charge is 0.495 e. The van der Waals surface area contributed by atoms with Crippen LogP contribution in [0.5, 0.6) is 5.75 Å². The molecule has 118 valence electrons. The van der Waals surface area contributed by atoms with Crippen molar-refractivity contribution in [1.29, 1.82) is 0 Å². The molecule has 0 radical (unpaired) electrons. The predicted molar refractivity (Wildman–Crippen MR) is 93.4 cm³/mol. The van der Waals surface area contributed by atoms with Crippen LogP contribution in [0, 0.1) is 5.92 Å². The molecule has 0 saturated carbocycles. The van der Waals surface area contributed by atoms with Crippen LogP contribution in [0.25, 0.3) is 0 Å². The molecule has 0 amide bonds. The maximum atomic E-state index is 5.60. The van der Waals surface area contributed by atoms with Gasteiger partial charge in [0.05, 0.1) is 12.8 Å². The quantitative estimate of drug-likeness (QED) is 0.882. The van der Waals surface area contributed by atoms with Gasteiger partial charge in [0.2, 0.25) is 0 Å². The van der Waals surface area contributed by atoms with Crippen molar-refractivity contribution in [2.24, 2.45) is 5.92 Å². The fraction of sp³-hybridized carbons (Fsp3) is 0.647. The van der Waals surface area contributed by atoms with Crippen LogP contribution in [0.15, 0.2) is 22.7 Å². The Morgan fingerprint density at radius 2 is 2.19 bits per heavy atom. The summed E-state index contributed by atoms with van der Waals surface area (Å²) < 4.78 is 6.70. The van der Waals surface area contributed by atoms with Crippen LogP contribution in [-0.2, 0) is 0 Å². The summed E-state index contributed by atoms with van der Waals surface area (Å²) >= 11 is 3.60. The van der Waals surface area contributed by atoms with Gasteiger partial charge in [-0.05, 0) is 37.5 Å². The molecule has 0 aliphatic carbocycles. The van der Waals surface area contributed by atoms with Gasteiger partial charge >= 0.3 is 0 Å². The van der Waals surface area contributed by atoms with Crippen LogP contribution < -0.4 is 15.0 Å². The zero-order valence-corrected chi connectivity index (χ0v) is 15.3. The van der Waals surface area contributed by atoms with Crippen molar-refractivity contribution in [2.75, 3.05) is 25.1 Å². The number of hydrogen-bond donors (Lipinski definition) is 1. The molecule has 21 heavy (non-hydrogen) atoms. The number of ether oxygens (including phenoxy) is 1. The lowest BCUT2D eigenvalue weighted by Gasteiger charge is -2.49. The highest BCUT2D eigenvalue weighted by Crippen LogP contribution is 2.36. The van der Waals surface area contributed by atoms with E-state index in [-0.39, 0.29) is 5.54 Å². The summed E-state index contributed by atoms with van der Waals surface area (Å²) in [5, 5.41) is 3.73. The second-order valence-corrected chi connectivity index (χ2v) is 7.47. The molecule has 0 spiro atoms. The first-order chi connectivity index (χ1) is 9.90. The van der Waals surface area contributed by atoms with Gasteiger partial charge in [0.1, 0.15) is 5.75 Å². The Morgan fingerprint density at radius 3 is 2.76 bits per heavy atom. The molecule has 4 heteroatoms. The van der Waals surface area contributed by atoms with Gasteiger partial charge in [0.25, 0.3) is 0 Å². The van der Waals surface area contributed by atoms with Crippen molar-refractivity contribution in [3.63, 3.8) is 0 Å². The lowest BCUT2D eigenvalue weighted by Crippen LogP contribution is -2.64. The summed E-state index contributed by atoms with van der Waals surface area (Å²) in [5.41, 5.74) is 1.34. The molecular formula is C17H27BrN2O. The number of hydrogen-bond acceptors (Lipinski definition) is 3. The molecule has 1 N–H and O–H groups in total. The molecule has 1 fully saturated rings. The van der Waals surface area contributed by atoms with Crippen molar-refractivity contribution < 1.29 is 4.74 Å². The third kappa shape index (κ3) is 3.54. The highest BCUT2D eigenvalue weighted by molar-refractivity contribution is 9.10. The second-order valence-electron chi connectivity index (χ2n) is 6.55. The SMILES string of the molecule is CCC1(C)CN(c2cc(Br)ccc2OC)C(C(C)C)CN1. The van der Waals surface area contributed by atoms with Gasteiger partial charge in [-0.25, -0.2) is 0 Å². The first-order valence-electron chi connectivity index (χ1n) is 7.75. The molecule has 2 atom stereocenters. The van der Waals surface area contributed by atoms with Crippen molar-refractivity contribution >= 4 is 21.6 Å². The van der Waals surface area contributed by atoms with E-state index in [1.54, 1.807) is 7.11 Å². The summed E-state index contributed by atoms with van der Waals surface area (Å²) in [6, 6.07) is 6.74. The van der Waals surface area contributed by atoms with Crippen LogP contribution in [0.3, 0.4) is 0 Å². The molecule has 1 aliphatic heterocycles. The fourth-order valence-corrected chi connectivity index (χ4v) is 3.34. The second kappa shape index (κ2) is 6.57. The average Bonchev–Trinajstić information content (AvgIpc) is 2.46. The Labute approximate surface area is 137 Å². The lowest BCUT2D eigenvalue weighted by molar-refractivity contribution is 0.251. The van der Waals surface area contributed by atoms with Crippen molar-refractivity contribution in [2.45, 2.75) is 45.7 Å². The number of halogens is 1. The number of methoxy groups -OCH3 is 1. The summed E-state index contributed by atoms with van der Waals surface area (Å²) in [4.78, 5) is 2.52. The van der Waals surface area contributed by atoms with Gasteiger partial charge in [0, 0.05) is 29.1 Å². The minimum Gasteiger partial charge on any atom is -0.495 e. The molecule has 1 saturated heterocycles. The Balaban J connectivity index is 2.42. The normalized spacial score (nSPS) is 26.2. The average molecular weight is 355 g/mol. The Morgan fingerprint density at radius 1 is 1.48 bits per heavy atom. The van der Waals surface area contributed by atoms with Crippen LogP contribution in [0.2, 0.25) is 0 Å². The van der Waals surface area contributed by atoms with Crippen molar-refractivity contribution in [3.8, 4) is 5.75 Å². The molecule has 1 aliphatic rings. The van der Waals surface area contributed by atoms with E-state index in [4.69, 9.17) is 4.74 Å².